The van der Waals surface area contributed by atoms with Crippen LogP contribution in [0.2, 0.25) is 11.3 Å². The highest BCUT2D eigenvalue weighted by Crippen LogP contribution is 2.23. The average molecular weight is 413 g/mol. The fourth-order valence-corrected chi connectivity index (χ4v) is 3.27. The second kappa shape index (κ2) is 14.0. The molecule has 2 rings (SSSR count). The summed E-state index contributed by atoms with van der Waals surface area (Å²) < 4.78 is 0. The Hall–Kier alpha value is -1.12. The van der Waals surface area contributed by atoms with Crippen molar-refractivity contribution < 1.29 is 19.9 Å². The van der Waals surface area contributed by atoms with Crippen molar-refractivity contribution in [1.29, 1.82) is 0 Å². The number of nitrogens with one attached hydrogen (secondary N) is 1. The molecule has 6 N–H and O–H groups in total. The van der Waals surface area contributed by atoms with Crippen LogP contribution in [0.25, 0.3) is 0 Å². The maximum Gasteiger partial charge on any atom is 0.451 e. The number of nitrogens with two attached hydrogens (primary N) is 1. The molecular weight excluding hydrogens is 378 g/mol. The first-order valence-electron chi connectivity index (χ1n) is 10.1. The van der Waals surface area contributed by atoms with E-state index in [2.05, 4.69) is 24.4 Å². The number of aliphatic carboxylic acids is 1. The summed E-state index contributed by atoms with van der Waals surface area (Å²) in [6.07, 6.45) is 7.23. The van der Waals surface area contributed by atoms with Gasteiger partial charge in [0.05, 0.1) is 0 Å². The molecule has 0 aromatic heterocycles. The first kappa shape index (κ1) is 24.9. The van der Waals surface area contributed by atoms with Gasteiger partial charge in [0.2, 0.25) is 0 Å². The van der Waals surface area contributed by atoms with Gasteiger partial charge in [-0.15, -0.1) is 0 Å². The summed E-state index contributed by atoms with van der Waals surface area (Å²) >= 11 is 5.86. The standard InChI is InChI=1S/C14H20ClN.C6H14BNO4/c1-11-2-8-14(9-3-11)16-10-12-4-6-13(15)7-5-12;8-5(6(9)10)3-1-2-4-7(11)12/h4-7,11,14,16H,2-3,8-10H2,1H3;5,11-12H,1-4,8H2,(H,9,10). The first-order chi connectivity index (χ1) is 13.3. The van der Waals surface area contributed by atoms with E-state index in [-0.39, 0.29) is 6.32 Å². The molecule has 0 spiro atoms. The number of halogens is 1. The number of carboxylic acids is 1. The second-order valence-electron chi connectivity index (χ2n) is 7.67. The number of carboxylic acid groups (broad SMARTS) is 1. The summed E-state index contributed by atoms with van der Waals surface area (Å²) in [4.78, 5) is 10.2. The molecule has 1 aliphatic rings. The van der Waals surface area contributed by atoms with Gasteiger partial charge in [-0.25, -0.2) is 0 Å². The summed E-state index contributed by atoms with van der Waals surface area (Å²) in [6, 6.07) is 8.00. The lowest BCUT2D eigenvalue weighted by Gasteiger charge is -2.27. The monoisotopic (exact) mass is 412 g/mol. The molecule has 1 saturated carbocycles. The number of benzene rings is 1. The molecule has 158 valence electrons. The zero-order valence-corrected chi connectivity index (χ0v) is 17.4. The van der Waals surface area contributed by atoms with E-state index in [9.17, 15) is 4.79 Å². The van der Waals surface area contributed by atoms with Gasteiger partial charge in [0, 0.05) is 17.6 Å². The minimum Gasteiger partial charge on any atom is -0.480 e. The van der Waals surface area contributed by atoms with Crippen LogP contribution in [0.15, 0.2) is 24.3 Å². The number of hydrogen-bond donors (Lipinski definition) is 5. The Kier molecular flexibility index (Phi) is 12.4. The van der Waals surface area contributed by atoms with Crippen LogP contribution in [0.5, 0.6) is 0 Å². The van der Waals surface area contributed by atoms with Crippen molar-refractivity contribution in [3.63, 3.8) is 0 Å². The second-order valence-corrected chi connectivity index (χ2v) is 8.11. The molecule has 28 heavy (non-hydrogen) atoms. The van der Waals surface area contributed by atoms with Gasteiger partial charge in [0.1, 0.15) is 6.04 Å². The van der Waals surface area contributed by atoms with Crippen molar-refractivity contribution >= 4 is 24.7 Å². The summed E-state index contributed by atoms with van der Waals surface area (Å²) in [7, 11) is -1.30. The minimum atomic E-state index is -1.30. The topological polar surface area (TPSA) is 116 Å². The van der Waals surface area contributed by atoms with Crippen LogP contribution in [-0.2, 0) is 11.3 Å². The summed E-state index contributed by atoms with van der Waals surface area (Å²) in [5, 5.41) is 29.7. The number of hydrogen-bond acceptors (Lipinski definition) is 5. The van der Waals surface area contributed by atoms with Crippen molar-refractivity contribution in [1.82, 2.24) is 5.32 Å². The van der Waals surface area contributed by atoms with Crippen LogP contribution >= 0.6 is 11.6 Å². The maximum absolute atomic E-state index is 10.2. The largest absolute Gasteiger partial charge is 0.480 e. The van der Waals surface area contributed by atoms with Crippen molar-refractivity contribution in [2.75, 3.05) is 0 Å². The summed E-state index contributed by atoms with van der Waals surface area (Å²) in [5.74, 6) is -0.0897. The normalized spacial score (nSPS) is 20.0. The molecule has 0 amide bonds. The van der Waals surface area contributed by atoms with E-state index in [0.717, 1.165) is 17.5 Å². The van der Waals surface area contributed by atoms with E-state index in [4.69, 9.17) is 32.5 Å². The fraction of sp³-hybridized carbons (Fsp3) is 0.650. The third kappa shape index (κ3) is 11.7. The van der Waals surface area contributed by atoms with Gasteiger partial charge in [-0.2, -0.15) is 0 Å². The van der Waals surface area contributed by atoms with Crippen LogP contribution in [0.4, 0.5) is 0 Å². The molecule has 6 nitrogen and oxygen atoms in total. The molecule has 0 saturated heterocycles. The van der Waals surface area contributed by atoms with Crippen LogP contribution < -0.4 is 11.1 Å². The van der Waals surface area contributed by atoms with Crippen LogP contribution in [0.1, 0.15) is 57.4 Å². The van der Waals surface area contributed by atoms with Gasteiger partial charge in [0.15, 0.2) is 0 Å². The smallest absolute Gasteiger partial charge is 0.451 e. The molecular formula is C20H34BClN2O4. The molecule has 8 heteroatoms. The number of rotatable bonds is 9. The highest BCUT2D eigenvalue weighted by atomic mass is 35.5. The molecule has 1 aromatic rings. The molecule has 1 aliphatic carbocycles. The Morgan fingerprint density at radius 2 is 1.82 bits per heavy atom. The lowest BCUT2D eigenvalue weighted by Crippen LogP contribution is -2.32. The SMILES string of the molecule is CC1CCC(NCc2ccc(Cl)cc2)CC1.NC(CCCCB(O)O)C(=O)O. The first-order valence-corrected chi connectivity index (χ1v) is 10.5. The fourth-order valence-electron chi connectivity index (χ4n) is 3.14. The van der Waals surface area contributed by atoms with Gasteiger partial charge in [-0.05, 0) is 62.0 Å². The van der Waals surface area contributed by atoms with Gasteiger partial charge in [0.25, 0.3) is 0 Å². The molecule has 1 fully saturated rings. The quantitative estimate of drug-likeness (QED) is 0.314. The molecule has 1 unspecified atom stereocenters. The Bertz CT molecular complexity index is 552. The lowest BCUT2D eigenvalue weighted by atomic mass is 9.83. The molecule has 0 heterocycles. The Morgan fingerprint density at radius 3 is 2.36 bits per heavy atom. The molecule has 0 radical (unpaired) electrons. The highest BCUT2D eigenvalue weighted by molar-refractivity contribution is 6.40. The number of carbonyl (C=O) groups is 1. The van der Waals surface area contributed by atoms with Crippen molar-refractivity contribution in [3.8, 4) is 0 Å². The molecule has 0 aliphatic heterocycles. The zero-order valence-electron chi connectivity index (χ0n) is 16.7. The highest BCUT2D eigenvalue weighted by Gasteiger charge is 2.17. The van der Waals surface area contributed by atoms with E-state index in [0.29, 0.717) is 25.3 Å². The van der Waals surface area contributed by atoms with Gasteiger partial charge in [-0.1, -0.05) is 43.5 Å². The maximum atomic E-state index is 10.2. The van der Waals surface area contributed by atoms with Gasteiger partial charge in [-0.3, -0.25) is 4.79 Å². The van der Waals surface area contributed by atoms with Crippen molar-refractivity contribution in [2.24, 2.45) is 11.7 Å². The molecule has 1 aromatic carbocycles. The van der Waals surface area contributed by atoms with E-state index in [1.165, 1.54) is 31.2 Å². The van der Waals surface area contributed by atoms with Crippen molar-refractivity contribution in [2.45, 2.75) is 76.8 Å². The van der Waals surface area contributed by atoms with Gasteiger partial charge < -0.3 is 26.2 Å². The molecule has 1 atom stereocenters. The van der Waals surface area contributed by atoms with Crippen molar-refractivity contribution in [3.05, 3.63) is 34.9 Å². The van der Waals surface area contributed by atoms with E-state index >= 15 is 0 Å². The third-order valence-corrected chi connectivity index (χ3v) is 5.32. The van der Waals surface area contributed by atoms with Gasteiger partial charge >= 0.3 is 13.1 Å². The van der Waals surface area contributed by atoms with E-state index in [1.54, 1.807) is 0 Å². The predicted octanol–water partition coefficient (Wildman–Crippen LogP) is 3.05. The Morgan fingerprint density at radius 1 is 1.21 bits per heavy atom. The van der Waals surface area contributed by atoms with E-state index in [1.807, 2.05) is 12.1 Å². The minimum absolute atomic E-state index is 0.270. The molecule has 0 bridgehead atoms. The number of unbranched alkanes of at least 4 members (excludes halogenated alkanes) is 1. The Labute approximate surface area is 173 Å². The summed E-state index contributed by atoms with van der Waals surface area (Å²) in [5.41, 5.74) is 6.53. The third-order valence-electron chi connectivity index (χ3n) is 5.07. The lowest BCUT2D eigenvalue weighted by molar-refractivity contribution is -0.138. The van der Waals surface area contributed by atoms with Crippen LogP contribution in [-0.4, -0.2) is 40.3 Å². The Balaban J connectivity index is 0.000000295. The van der Waals surface area contributed by atoms with Crippen LogP contribution in [0, 0.1) is 5.92 Å². The van der Waals surface area contributed by atoms with Crippen LogP contribution in [0.3, 0.4) is 0 Å². The average Bonchev–Trinajstić information content (AvgIpc) is 2.66. The summed E-state index contributed by atoms with van der Waals surface area (Å²) in [6.45, 7) is 3.33. The predicted molar refractivity (Wildman–Crippen MR) is 114 cm³/mol. The van der Waals surface area contributed by atoms with E-state index < -0.39 is 19.1 Å². The zero-order chi connectivity index (χ0) is 20.9.